The molecular weight excluding hydrogens is 282 g/mol. The summed E-state index contributed by atoms with van der Waals surface area (Å²) >= 11 is 1.68. The molecule has 3 rings (SSSR count). The zero-order valence-corrected chi connectivity index (χ0v) is 12.7. The SMILES string of the molecule is O=C(CCc1ccccc1O)N1CCCC1c1ccsc1. The monoisotopic (exact) mass is 301 g/mol. The maximum absolute atomic E-state index is 12.5. The number of thiophene rings is 1. The van der Waals surface area contributed by atoms with Gasteiger partial charge < -0.3 is 10.0 Å². The fraction of sp³-hybridized carbons (Fsp3) is 0.353. The van der Waals surface area contributed by atoms with E-state index in [0.29, 0.717) is 12.8 Å². The molecule has 1 aliphatic heterocycles. The number of hydrogen-bond acceptors (Lipinski definition) is 3. The van der Waals surface area contributed by atoms with Gasteiger partial charge in [-0.3, -0.25) is 4.79 Å². The van der Waals surface area contributed by atoms with E-state index in [2.05, 4.69) is 16.8 Å². The van der Waals surface area contributed by atoms with Crippen molar-refractivity contribution in [2.75, 3.05) is 6.54 Å². The third-order valence-electron chi connectivity index (χ3n) is 4.10. The molecule has 0 radical (unpaired) electrons. The van der Waals surface area contributed by atoms with Gasteiger partial charge in [-0.1, -0.05) is 18.2 Å². The number of amides is 1. The number of carbonyl (C=O) groups excluding carboxylic acids is 1. The van der Waals surface area contributed by atoms with Gasteiger partial charge in [0.2, 0.25) is 5.91 Å². The van der Waals surface area contributed by atoms with Gasteiger partial charge in [-0.15, -0.1) is 0 Å². The van der Waals surface area contributed by atoms with Crippen LogP contribution in [-0.4, -0.2) is 22.5 Å². The second-order valence-electron chi connectivity index (χ2n) is 5.43. The third kappa shape index (κ3) is 3.10. The average molecular weight is 301 g/mol. The maximum atomic E-state index is 12.5. The normalized spacial score (nSPS) is 18.1. The molecule has 21 heavy (non-hydrogen) atoms. The van der Waals surface area contributed by atoms with Crippen LogP contribution in [0.1, 0.15) is 36.4 Å². The summed E-state index contributed by atoms with van der Waals surface area (Å²) < 4.78 is 0. The van der Waals surface area contributed by atoms with Crippen molar-refractivity contribution in [3.05, 3.63) is 52.2 Å². The molecule has 0 aliphatic carbocycles. The number of nitrogens with zero attached hydrogens (tertiary/aromatic N) is 1. The summed E-state index contributed by atoms with van der Waals surface area (Å²) in [6, 6.07) is 9.60. The van der Waals surface area contributed by atoms with Crippen LogP contribution in [0.2, 0.25) is 0 Å². The van der Waals surface area contributed by atoms with Crippen LogP contribution in [0.5, 0.6) is 5.75 Å². The van der Waals surface area contributed by atoms with Crippen molar-refractivity contribution in [3.8, 4) is 5.75 Å². The lowest BCUT2D eigenvalue weighted by Crippen LogP contribution is -2.30. The highest BCUT2D eigenvalue weighted by Crippen LogP contribution is 2.33. The van der Waals surface area contributed by atoms with Crippen LogP contribution in [0.25, 0.3) is 0 Å². The van der Waals surface area contributed by atoms with Crippen LogP contribution >= 0.6 is 11.3 Å². The van der Waals surface area contributed by atoms with Gasteiger partial charge in [-0.05, 0) is 53.3 Å². The van der Waals surface area contributed by atoms with Crippen molar-refractivity contribution in [2.24, 2.45) is 0 Å². The Morgan fingerprint density at radius 2 is 2.19 bits per heavy atom. The van der Waals surface area contributed by atoms with E-state index in [4.69, 9.17) is 0 Å². The van der Waals surface area contributed by atoms with E-state index in [9.17, 15) is 9.90 Å². The molecule has 2 heterocycles. The number of aromatic hydroxyl groups is 1. The van der Waals surface area contributed by atoms with E-state index < -0.39 is 0 Å². The Bertz CT molecular complexity index is 609. The van der Waals surface area contributed by atoms with E-state index in [1.54, 1.807) is 23.5 Å². The van der Waals surface area contributed by atoms with Crippen molar-refractivity contribution < 1.29 is 9.90 Å². The smallest absolute Gasteiger partial charge is 0.223 e. The van der Waals surface area contributed by atoms with Crippen molar-refractivity contribution in [3.63, 3.8) is 0 Å². The standard InChI is InChI=1S/C17H19NO2S/c19-16-6-2-1-4-13(16)7-8-17(20)18-10-3-5-15(18)14-9-11-21-12-14/h1-2,4,6,9,11-12,15,19H,3,5,7-8,10H2. The topological polar surface area (TPSA) is 40.5 Å². The zero-order valence-electron chi connectivity index (χ0n) is 11.9. The quantitative estimate of drug-likeness (QED) is 0.934. The van der Waals surface area contributed by atoms with Gasteiger partial charge in [0, 0.05) is 13.0 Å². The molecular formula is C17H19NO2S. The highest BCUT2D eigenvalue weighted by atomic mass is 32.1. The molecule has 1 unspecified atom stereocenters. The van der Waals surface area contributed by atoms with E-state index in [-0.39, 0.29) is 17.7 Å². The molecule has 1 saturated heterocycles. The van der Waals surface area contributed by atoms with E-state index in [1.807, 2.05) is 17.0 Å². The average Bonchev–Trinajstić information content (AvgIpc) is 3.16. The Hall–Kier alpha value is -1.81. The predicted octanol–water partition coefficient (Wildman–Crippen LogP) is 3.75. The Labute approximate surface area is 128 Å². The number of hydrogen-bond donors (Lipinski definition) is 1. The molecule has 0 spiro atoms. The van der Waals surface area contributed by atoms with Crippen LogP contribution in [0, 0.1) is 0 Å². The Morgan fingerprint density at radius 1 is 1.33 bits per heavy atom. The summed E-state index contributed by atoms with van der Waals surface area (Å²) in [6.45, 7) is 0.847. The molecule has 1 amide bonds. The molecule has 1 aliphatic rings. The number of benzene rings is 1. The first kappa shape index (κ1) is 14.1. The van der Waals surface area contributed by atoms with E-state index >= 15 is 0 Å². The number of rotatable bonds is 4. The first-order valence-electron chi connectivity index (χ1n) is 7.34. The lowest BCUT2D eigenvalue weighted by Gasteiger charge is -2.24. The number of carbonyl (C=O) groups is 1. The lowest BCUT2D eigenvalue weighted by molar-refractivity contribution is -0.132. The number of aryl methyl sites for hydroxylation is 1. The van der Waals surface area contributed by atoms with Gasteiger partial charge in [-0.25, -0.2) is 0 Å². The van der Waals surface area contributed by atoms with Crippen LogP contribution in [0.15, 0.2) is 41.1 Å². The highest BCUT2D eigenvalue weighted by Gasteiger charge is 2.29. The fourth-order valence-electron chi connectivity index (χ4n) is 2.98. The largest absolute Gasteiger partial charge is 0.508 e. The van der Waals surface area contributed by atoms with Crippen molar-refractivity contribution in [2.45, 2.75) is 31.7 Å². The third-order valence-corrected chi connectivity index (χ3v) is 4.80. The van der Waals surface area contributed by atoms with Gasteiger partial charge in [0.15, 0.2) is 0 Å². The zero-order chi connectivity index (χ0) is 14.7. The minimum absolute atomic E-state index is 0.187. The fourth-order valence-corrected chi connectivity index (χ4v) is 3.69. The first-order valence-corrected chi connectivity index (χ1v) is 8.28. The number of phenols is 1. The molecule has 110 valence electrons. The summed E-state index contributed by atoms with van der Waals surface area (Å²) in [5.41, 5.74) is 2.10. The number of likely N-dealkylation sites (tertiary alicyclic amines) is 1. The predicted molar refractivity (Wildman–Crippen MR) is 84.4 cm³/mol. The van der Waals surface area contributed by atoms with Gasteiger partial charge in [-0.2, -0.15) is 11.3 Å². The summed E-state index contributed by atoms with van der Waals surface area (Å²) in [7, 11) is 0. The molecule has 1 fully saturated rings. The molecule has 1 aromatic heterocycles. The number of para-hydroxylation sites is 1. The highest BCUT2D eigenvalue weighted by molar-refractivity contribution is 7.07. The minimum Gasteiger partial charge on any atom is -0.508 e. The second-order valence-corrected chi connectivity index (χ2v) is 6.21. The van der Waals surface area contributed by atoms with E-state index in [1.165, 1.54) is 5.56 Å². The van der Waals surface area contributed by atoms with Gasteiger partial charge in [0.05, 0.1) is 6.04 Å². The molecule has 3 nitrogen and oxygen atoms in total. The van der Waals surface area contributed by atoms with Gasteiger partial charge in [0.1, 0.15) is 5.75 Å². The Morgan fingerprint density at radius 3 is 2.95 bits per heavy atom. The molecule has 1 N–H and O–H groups in total. The molecule has 0 bridgehead atoms. The first-order chi connectivity index (χ1) is 10.3. The van der Waals surface area contributed by atoms with Crippen molar-refractivity contribution in [1.29, 1.82) is 0 Å². The molecule has 1 atom stereocenters. The summed E-state index contributed by atoms with van der Waals surface area (Å²) in [5.74, 6) is 0.466. The molecule has 4 heteroatoms. The van der Waals surface area contributed by atoms with Crippen molar-refractivity contribution in [1.82, 2.24) is 4.90 Å². The van der Waals surface area contributed by atoms with Gasteiger partial charge in [0.25, 0.3) is 0 Å². The van der Waals surface area contributed by atoms with E-state index in [0.717, 1.165) is 24.9 Å². The maximum Gasteiger partial charge on any atom is 0.223 e. The summed E-state index contributed by atoms with van der Waals surface area (Å²) in [5, 5.41) is 14.0. The Kier molecular flexibility index (Phi) is 4.25. The minimum atomic E-state index is 0.187. The second kappa shape index (κ2) is 6.31. The van der Waals surface area contributed by atoms with Crippen LogP contribution in [0.3, 0.4) is 0 Å². The van der Waals surface area contributed by atoms with Crippen LogP contribution < -0.4 is 0 Å². The van der Waals surface area contributed by atoms with Crippen LogP contribution in [0.4, 0.5) is 0 Å². The molecule has 2 aromatic rings. The number of phenolic OH excluding ortho intramolecular Hbond substituents is 1. The lowest BCUT2D eigenvalue weighted by atomic mass is 10.1. The van der Waals surface area contributed by atoms with Crippen LogP contribution in [-0.2, 0) is 11.2 Å². The molecule has 0 saturated carbocycles. The van der Waals surface area contributed by atoms with Crippen molar-refractivity contribution >= 4 is 17.2 Å². The van der Waals surface area contributed by atoms with Gasteiger partial charge >= 0.3 is 0 Å². The summed E-state index contributed by atoms with van der Waals surface area (Å²) in [6.07, 6.45) is 3.18. The Balaban J connectivity index is 1.64. The molecule has 1 aromatic carbocycles. The summed E-state index contributed by atoms with van der Waals surface area (Å²) in [4.78, 5) is 14.5.